The molecule has 0 unspecified atom stereocenters. The largest absolute Gasteiger partial charge is 0.354 e. The van der Waals surface area contributed by atoms with Crippen molar-refractivity contribution in [2.45, 2.75) is 20.8 Å². The lowest BCUT2D eigenvalue weighted by Gasteiger charge is -2.35. The topological polar surface area (TPSA) is 73.4 Å². The number of anilines is 3. The monoisotopic (exact) mass is 354 g/mol. The summed E-state index contributed by atoms with van der Waals surface area (Å²) < 4.78 is 0. The van der Waals surface area contributed by atoms with Gasteiger partial charge in [-0.05, 0) is 38.5 Å². The minimum absolute atomic E-state index is 0.0533. The second-order valence-corrected chi connectivity index (χ2v) is 6.50. The maximum absolute atomic E-state index is 12.5. The van der Waals surface area contributed by atoms with E-state index in [-0.39, 0.29) is 6.03 Å². The van der Waals surface area contributed by atoms with Crippen LogP contribution in [0.2, 0.25) is 0 Å². The number of piperazine rings is 1. The lowest BCUT2D eigenvalue weighted by Crippen LogP contribution is -2.50. The maximum Gasteiger partial charge on any atom is 0.321 e. The summed E-state index contributed by atoms with van der Waals surface area (Å²) in [7, 11) is 0. The summed E-state index contributed by atoms with van der Waals surface area (Å²) in [5, 5.41) is 6.14. The third kappa shape index (κ3) is 4.41. The SMILES string of the molecule is CCNc1nc(C)cc(N2CCN(C(=O)Nc3cccc(C)c3)CC2)n1. The first-order chi connectivity index (χ1) is 12.5. The Hall–Kier alpha value is -2.83. The van der Waals surface area contributed by atoms with Gasteiger partial charge in [0.15, 0.2) is 0 Å². The van der Waals surface area contributed by atoms with E-state index in [0.717, 1.165) is 42.4 Å². The van der Waals surface area contributed by atoms with Crippen LogP contribution in [0.3, 0.4) is 0 Å². The molecule has 1 aliphatic rings. The van der Waals surface area contributed by atoms with Gasteiger partial charge in [0, 0.05) is 50.2 Å². The summed E-state index contributed by atoms with van der Waals surface area (Å²) in [6.45, 7) is 9.63. The molecule has 3 rings (SSSR count). The maximum atomic E-state index is 12.5. The molecule has 0 saturated carbocycles. The number of carbonyl (C=O) groups excluding carboxylic acids is 1. The number of amides is 2. The quantitative estimate of drug-likeness (QED) is 0.883. The van der Waals surface area contributed by atoms with Crippen LogP contribution in [0.5, 0.6) is 0 Å². The first-order valence-electron chi connectivity index (χ1n) is 9.02. The van der Waals surface area contributed by atoms with Gasteiger partial charge in [-0.2, -0.15) is 4.98 Å². The molecule has 2 heterocycles. The molecule has 0 spiro atoms. The van der Waals surface area contributed by atoms with Crippen LogP contribution < -0.4 is 15.5 Å². The van der Waals surface area contributed by atoms with E-state index in [2.05, 4.69) is 25.5 Å². The lowest BCUT2D eigenvalue weighted by atomic mass is 10.2. The fraction of sp³-hybridized carbons (Fsp3) is 0.421. The molecular weight excluding hydrogens is 328 g/mol. The predicted octanol–water partition coefficient (Wildman–Crippen LogP) is 2.88. The molecule has 138 valence electrons. The van der Waals surface area contributed by atoms with Crippen LogP contribution >= 0.6 is 0 Å². The Morgan fingerprint density at radius 3 is 2.58 bits per heavy atom. The molecule has 1 saturated heterocycles. The Kier molecular flexibility index (Phi) is 5.55. The minimum Gasteiger partial charge on any atom is -0.354 e. The van der Waals surface area contributed by atoms with Crippen molar-refractivity contribution in [3.05, 3.63) is 41.6 Å². The molecule has 7 heteroatoms. The van der Waals surface area contributed by atoms with Gasteiger partial charge < -0.3 is 20.4 Å². The average molecular weight is 354 g/mol. The number of nitrogens with one attached hydrogen (secondary N) is 2. The van der Waals surface area contributed by atoms with Crippen molar-refractivity contribution < 1.29 is 4.79 Å². The molecular formula is C19H26N6O. The first kappa shape index (κ1) is 18.0. The van der Waals surface area contributed by atoms with Crippen LogP contribution in [0.15, 0.2) is 30.3 Å². The summed E-state index contributed by atoms with van der Waals surface area (Å²) >= 11 is 0. The van der Waals surface area contributed by atoms with E-state index in [1.807, 2.05) is 56.0 Å². The first-order valence-corrected chi connectivity index (χ1v) is 9.02. The molecule has 1 aliphatic heterocycles. The van der Waals surface area contributed by atoms with Crippen molar-refractivity contribution in [1.29, 1.82) is 0 Å². The van der Waals surface area contributed by atoms with Gasteiger partial charge in [0.1, 0.15) is 5.82 Å². The molecule has 26 heavy (non-hydrogen) atoms. The molecule has 1 fully saturated rings. The van der Waals surface area contributed by atoms with Gasteiger partial charge in [0.05, 0.1) is 0 Å². The number of carbonyl (C=O) groups is 1. The summed E-state index contributed by atoms with van der Waals surface area (Å²) in [6.07, 6.45) is 0. The molecule has 0 radical (unpaired) electrons. The third-order valence-electron chi connectivity index (χ3n) is 4.34. The Morgan fingerprint density at radius 2 is 1.88 bits per heavy atom. The zero-order valence-corrected chi connectivity index (χ0v) is 15.6. The van der Waals surface area contributed by atoms with Crippen molar-refractivity contribution in [2.75, 3.05) is 48.3 Å². The van der Waals surface area contributed by atoms with E-state index in [0.29, 0.717) is 19.0 Å². The molecule has 0 aliphatic carbocycles. The average Bonchev–Trinajstić information content (AvgIpc) is 2.62. The molecule has 2 N–H and O–H groups in total. The number of rotatable bonds is 4. The van der Waals surface area contributed by atoms with Crippen molar-refractivity contribution >= 4 is 23.5 Å². The number of hydrogen-bond donors (Lipinski definition) is 2. The summed E-state index contributed by atoms with van der Waals surface area (Å²) in [5.41, 5.74) is 2.90. The number of hydrogen-bond acceptors (Lipinski definition) is 5. The van der Waals surface area contributed by atoms with Gasteiger partial charge in [-0.15, -0.1) is 0 Å². The third-order valence-corrected chi connectivity index (χ3v) is 4.34. The second-order valence-electron chi connectivity index (χ2n) is 6.50. The highest BCUT2D eigenvalue weighted by atomic mass is 16.2. The van der Waals surface area contributed by atoms with Gasteiger partial charge in [0.2, 0.25) is 5.95 Å². The molecule has 1 aromatic heterocycles. The molecule has 2 amide bonds. The summed E-state index contributed by atoms with van der Waals surface area (Å²) in [6, 6.07) is 9.78. The highest BCUT2D eigenvalue weighted by molar-refractivity contribution is 5.89. The highest BCUT2D eigenvalue weighted by Gasteiger charge is 2.22. The molecule has 7 nitrogen and oxygen atoms in total. The normalized spacial score (nSPS) is 14.3. The molecule has 0 atom stereocenters. The Morgan fingerprint density at radius 1 is 1.12 bits per heavy atom. The van der Waals surface area contributed by atoms with Crippen LogP contribution in [0, 0.1) is 13.8 Å². The van der Waals surface area contributed by atoms with Gasteiger partial charge >= 0.3 is 6.03 Å². The van der Waals surface area contributed by atoms with Gasteiger partial charge in [-0.3, -0.25) is 0 Å². The Bertz CT molecular complexity index is 770. The molecule has 0 bridgehead atoms. The Balaban J connectivity index is 1.59. The van der Waals surface area contributed by atoms with Gasteiger partial charge in [0.25, 0.3) is 0 Å². The van der Waals surface area contributed by atoms with Gasteiger partial charge in [-0.25, -0.2) is 9.78 Å². The highest BCUT2D eigenvalue weighted by Crippen LogP contribution is 2.18. The second kappa shape index (κ2) is 8.03. The fourth-order valence-corrected chi connectivity index (χ4v) is 3.02. The van der Waals surface area contributed by atoms with E-state index in [4.69, 9.17) is 0 Å². The van der Waals surface area contributed by atoms with E-state index in [1.165, 1.54) is 0 Å². The van der Waals surface area contributed by atoms with Crippen LogP contribution in [-0.4, -0.2) is 53.6 Å². The molecule has 1 aromatic carbocycles. The molecule has 2 aromatic rings. The van der Waals surface area contributed by atoms with Crippen LogP contribution in [-0.2, 0) is 0 Å². The number of aryl methyl sites for hydroxylation is 2. The summed E-state index contributed by atoms with van der Waals surface area (Å²) in [4.78, 5) is 25.5. The predicted molar refractivity (Wildman–Crippen MR) is 105 cm³/mol. The van der Waals surface area contributed by atoms with Crippen molar-refractivity contribution in [3.63, 3.8) is 0 Å². The lowest BCUT2D eigenvalue weighted by molar-refractivity contribution is 0.208. The van der Waals surface area contributed by atoms with Crippen molar-refractivity contribution in [3.8, 4) is 0 Å². The summed E-state index contributed by atoms with van der Waals surface area (Å²) in [5.74, 6) is 1.56. The van der Waals surface area contributed by atoms with E-state index in [1.54, 1.807) is 0 Å². The zero-order chi connectivity index (χ0) is 18.5. The van der Waals surface area contributed by atoms with Crippen molar-refractivity contribution in [2.24, 2.45) is 0 Å². The smallest absolute Gasteiger partial charge is 0.321 e. The number of aromatic nitrogens is 2. The van der Waals surface area contributed by atoms with E-state index < -0.39 is 0 Å². The number of benzene rings is 1. The van der Waals surface area contributed by atoms with E-state index in [9.17, 15) is 4.79 Å². The van der Waals surface area contributed by atoms with Crippen LogP contribution in [0.25, 0.3) is 0 Å². The Labute approximate surface area is 154 Å². The van der Waals surface area contributed by atoms with Crippen LogP contribution in [0.4, 0.5) is 22.2 Å². The standard InChI is InChI=1S/C19H26N6O/c1-4-20-18-21-15(3)13-17(23-18)24-8-10-25(11-9-24)19(26)22-16-7-5-6-14(2)12-16/h5-7,12-13H,4,8-11H2,1-3H3,(H,22,26)(H,20,21,23). The minimum atomic E-state index is -0.0533. The van der Waals surface area contributed by atoms with Gasteiger partial charge in [-0.1, -0.05) is 12.1 Å². The fourth-order valence-electron chi connectivity index (χ4n) is 3.02. The van der Waals surface area contributed by atoms with E-state index >= 15 is 0 Å². The number of urea groups is 1. The number of nitrogens with zero attached hydrogens (tertiary/aromatic N) is 4. The van der Waals surface area contributed by atoms with Crippen LogP contribution in [0.1, 0.15) is 18.2 Å². The zero-order valence-electron chi connectivity index (χ0n) is 15.6. The van der Waals surface area contributed by atoms with Crippen molar-refractivity contribution in [1.82, 2.24) is 14.9 Å².